The Morgan fingerprint density at radius 1 is 1.04 bits per heavy atom. The van der Waals surface area contributed by atoms with Gasteiger partial charge in [-0.3, -0.25) is 4.79 Å². The van der Waals surface area contributed by atoms with Crippen LogP contribution in [0, 0.1) is 5.92 Å². The van der Waals surface area contributed by atoms with Crippen molar-refractivity contribution in [2.45, 2.75) is 83.7 Å². The minimum absolute atomic E-state index is 0. The first-order valence-electron chi connectivity index (χ1n) is 9.16. The number of carbonyl (C=O) groups excluding carboxylic acids is 2. The topological polar surface area (TPSA) is 66.4 Å². The maximum Gasteiger partial charge on any atom is 1.00 e. The Labute approximate surface area is 173 Å². The van der Waals surface area contributed by atoms with Crippen molar-refractivity contribution in [1.82, 2.24) is 0 Å². The van der Waals surface area contributed by atoms with Crippen LogP contribution in [-0.4, -0.2) is 24.7 Å². The summed E-state index contributed by atoms with van der Waals surface area (Å²) in [6.45, 7) is 5.64. The molecule has 0 saturated heterocycles. The average Bonchev–Trinajstić information content (AvgIpc) is 2.56. The summed E-state index contributed by atoms with van der Waals surface area (Å²) in [6, 6.07) is 0. The number of hydrogen-bond acceptors (Lipinski definition) is 4. The second-order valence-corrected chi connectivity index (χ2v) is 6.21. The zero-order valence-corrected chi connectivity index (χ0v) is 17.9. The van der Waals surface area contributed by atoms with Gasteiger partial charge in [-0.1, -0.05) is 70.8 Å². The molecule has 0 aromatic rings. The Kier molecular flexibility index (Phi) is 19.8. The number of carboxylic acids is 1. The summed E-state index contributed by atoms with van der Waals surface area (Å²) < 4.78 is 18.5. The molecule has 2 atom stereocenters. The molecule has 140 valence electrons. The second-order valence-electron chi connectivity index (χ2n) is 6.21. The quantitative estimate of drug-likeness (QED) is 0.175. The predicted octanol–water partition coefficient (Wildman–Crippen LogP) is 0.735. The zero-order valence-electron chi connectivity index (χ0n) is 15.9. The number of allylic oxidation sites excluding steroid dienone is 1. The van der Waals surface area contributed by atoms with Crippen molar-refractivity contribution in [3.8, 4) is 0 Å². The first-order valence-corrected chi connectivity index (χ1v) is 9.16. The molecule has 0 fully saturated rings. The van der Waals surface area contributed by atoms with Gasteiger partial charge >= 0.3 is 35.5 Å². The predicted molar refractivity (Wildman–Crippen MR) is 91.0 cm³/mol. The van der Waals surface area contributed by atoms with Crippen molar-refractivity contribution in [3.63, 3.8) is 0 Å². The number of rotatable bonds is 16. The molecular formula is C19H32FNaO4. The van der Waals surface area contributed by atoms with E-state index >= 15 is 0 Å². The number of halogens is 1. The van der Waals surface area contributed by atoms with Gasteiger partial charge in [0.1, 0.15) is 6.17 Å². The molecular weight excluding hydrogens is 334 g/mol. The Morgan fingerprint density at radius 2 is 1.52 bits per heavy atom. The molecule has 6 heteroatoms. The van der Waals surface area contributed by atoms with Crippen LogP contribution < -0.4 is 34.7 Å². The number of alkyl halides is 1. The minimum Gasteiger partial charge on any atom is -0.550 e. The number of esters is 1. The Balaban J connectivity index is 0. The summed E-state index contributed by atoms with van der Waals surface area (Å²) in [4.78, 5) is 22.3. The third-order valence-corrected chi connectivity index (χ3v) is 4.04. The van der Waals surface area contributed by atoms with E-state index in [4.69, 9.17) is 4.74 Å². The van der Waals surface area contributed by atoms with Gasteiger partial charge in [-0.05, 0) is 6.42 Å². The summed E-state index contributed by atoms with van der Waals surface area (Å²) in [5, 5.41) is 10.6. The molecule has 0 heterocycles. The van der Waals surface area contributed by atoms with Crippen molar-refractivity contribution in [2.24, 2.45) is 5.92 Å². The van der Waals surface area contributed by atoms with Gasteiger partial charge in [0, 0.05) is 12.4 Å². The smallest absolute Gasteiger partial charge is 0.550 e. The Hall–Kier alpha value is -0.390. The first kappa shape index (κ1) is 26.8. The van der Waals surface area contributed by atoms with Crippen molar-refractivity contribution >= 4 is 11.9 Å². The molecule has 4 nitrogen and oxygen atoms in total. The SMILES string of the molecule is C=CC(F)C(CC(=O)[O-])C(=O)OCCCCCCCCCCCC.[Na+]. The van der Waals surface area contributed by atoms with Crippen LogP contribution in [0.4, 0.5) is 4.39 Å². The van der Waals surface area contributed by atoms with E-state index in [9.17, 15) is 19.1 Å². The fraction of sp³-hybridized carbons (Fsp3) is 0.789. The van der Waals surface area contributed by atoms with Crippen molar-refractivity contribution in [1.29, 1.82) is 0 Å². The molecule has 0 bridgehead atoms. The molecule has 0 rings (SSSR count). The van der Waals surface area contributed by atoms with Gasteiger partial charge in [0.05, 0.1) is 12.5 Å². The fourth-order valence-electron chi connectivity index (χ4n) is 2.54. The summed E-state index contributed by atoms with van der Waals surface area (Å²) in [5.41, 5.74) is 0. The van der Waals surface area contributed by atoms with E-state index in [1.165, 1.54) is 44.9 Å². The van der Waals surface area contributed by atoms with Crippen LogP contribution in [0.3, 0.4) is 0 Å². The van der Waals surface area contributed by atoms with E-state index in [1.54, 1.807) is 0 Å². The monoisotopic (exact) mass is 366 g/mol. The molecule has 0 aliphatic rings. The molecule has 0 aliphatic carbocycles. The van der Waals surface area contributed by atoms with Gasteiger partial charge in [-0.15, -0.1) is 6.58 Å². The number of ether oxygens (including phenoxy) is 1. The molecule has 0 amide bonds. The zero-order chi connectivity index (χ0) is 18.2. The molecule has 0 spiro atoms. The summed E-state index contributed by atoms with van der Waals surface area (Å²) in [7, 11) is 0. The molecule has 0 radical (unpaired) electrons. The molecule has 0 saturated carbocycles. The van der Waals surface area contributed by atoms with E-state index in [1.807, 2.05) is 0 Å². The standard InChI is InChI=1S/C19H33FO4.Na/c1-3-5-6-7-8-9-10-11-12-13-14-24-19(23)16(15-18(21)22)17(20)4-2;/h4,16-17H,2-3,5-15H2,1H3,(H,21,22);/q;+1/p-1. The van der Waals surface area contributed by atoms with Crippen LogP contribution in [0.15, 0.2) is 12.7 Å². The van der Waals surface area contributed by atoms with Crippen LogP contribution in [-0.2, 0) is 14.3 Å². The van der Waals surface area contributed by atoms with Gasteiger partial charge in [-0.25, -0.2) is 4.39 Å². The fourth-order valence-corrected chi connectivity index (χ4v) is 2.54. The van der Waals surface area contributed by atoms with E-state index in [0.717, 1.165) is 18.9 Å². The molecule has 0 aromatic heterocycles. The normalized spacial score (nSPS) is 12.7. The maximum atomic E-state index is 13.5. The Bertz CT molecular complexity index is 363. The maximum absolute atomic E-state index is 13.5. The minimum atomic E-state index is -1.73. The number of carbonyl (C=O) groups is 2. The van der Waals surface area contributed by atoms with Crippen LogP contribution in [0.5, 0.6) is 0 Å². The van der Waals surface area contributed by atoms with Crippen LogP contribution in [0.2, 0.25) is 0 Å². The summed E-state index contributed by atoms with van der Waals surface area (Å²) in [5.74, 6) is -3.67. The van der Waals surface area contributed by atoms with Crippen LogP contribution in [0.25, 0.3) is 0 Å². The van der Waals surface area contributed by atoms with Gasteiger partial charge in [0.15, 0.2) is 0 Å². The van der Waals surface area contributed by atoms with Gasteiger partial charge < -0.3 is 14.6 Å². The first-order chi connectivity index (χ1) is 11.5. The number of aliphatic carboxylic acids is 1. The van der Waals surface area contributed by atoms with Gasteiger partial charge in [-0.2, -0.15) is 0 Å². The third kappa shape index (κ3) is 15.6. The van der Waals surface area contributed by atoms with Crippen molar-refractivity contribution < 1.29 is 53.4 Å². The van der Waals surface area contributed by atoms with Crippen LogP contribution >= 0.6 is 0 Å². The van der Waals surface area contributed by atoms with Crippen molar-refractivity contribution in [2.75, 3.05) is 6.61 Å². The van der Waals surface area contributed by atoms with Crippen LogP contribution in [0.1, 0.15) is 77.6 Å². The van der Waals surface area contributed by atoms with E-state index in [0.29, 0.717) is 6.42 Å². The third-order valence-electron chi connectivity index (χ3n) is 4.04. The number of unbranched alkanes of at least 4 members (excludes halogenated alkanes) is 9. The molecule has 25 heavy (non-hydrogen) atoms. The Morgan fingerprint density at radius 3 is 1.96 bits per heavy atom. The number of carboxylic acid groups (broad SMARTS) is 1. The number of hydrogen-bond donors (Lipinski definition) is 0. The molecule has 2 unspecified atom stereocenters. The average molecular weight is 366 g/mol. The largest absolute Gasteiger partial charge is 1.00 e. The van der Waals surface area contributed by atoms with E-state index in [2.05, 4.69) is 13.5 Å². The summed E-state index contributed by atoms with van der Waals surface area (Å²) >= 11 is 0. The molecule has 0 N–H and O–H groups in total. The van der Waals surface area contributed by atoms with Gasteiger partial charge in [0.2, 0.25) is 0 Å². The second kappa shape index (κ2) is 18.4. The van der Waals surface area contributed by atoms with Gasteiger partial charge in [0.25, 0.3) is 0 Å². The van der Waals surface area contributed by atoms with E-state index < -0.39 is 30.4 Å². The van der Waals surface area contributed by atoms with E-state index in [-0.39, 0.29) is 36.2 Å². The summed E-state index contributed by atoms with van der Waals surface area (Å²) in [6.07, 6.45) is 10.1. The molecule has 0 aromatic carbocycles. The molecule has 0 aliphatic heterocycles. The van der Waals surface area contributed by atoms with Crippen molar-refractivity contribution in [3.05, 3.63) is 12.7 Å².